The highest BCUT2D eigenvalue weighted by molar-refractivity contribution is 4.76. The molecule has 0 unspecified atom stereocenters. The quantitative estimate of drug-likeness (QED) is 0.740. The highest BCUT2D eigenvalue weighted by atomic mass is 16.5. The fraction of sp³-hybridized carbons (Fsp3) is 1.00. The SMILES string of the molecule is CCNCC1CCN(CCC(C)(C)OC)CC1. The summed E-state index contributed by atoms with van der Waals surface area (Å²) in [5, 5.41) is 3.46. The third-order valence-corrected chi connectivity index (χ3v) is 3.97. The van der Waals surface area contributed by atoms with Crippen molar-refractivity contribution in [3.8, 4) is 0 Å². The zero-order valence-corrected chi connectivity index (χ0v) is 12.1. The van der Waals surface area contributed by atoms with Crippen LogP contribution >= 0.6 is 0 Å². The van der Waals surface area contributed by atoms with Crippen LogP contribution in [0.4, 0.5) is 0 Å². The molecule has 0 aromatic carbocycles. The average molecular weight is 242 g/mol. The summed E-state index contributed by atoms with van der Waals surface area (Å²) >= 11 is 0. The van der Waals surface area contributed by atoms with E-state index in [1.165, 1.54) is 39.0 Å². The zero-order chi connectivity index (χ0) is 12.7. The molecule has 0 saturated carbocycles. The smallest absolute Gasteiger partial charge is 0.0634 e. The Morgan fingerprint density at radius 1 is 1.29 bits per heavy atom. The molecule has 0 bridgehead atoms. The molecule has 0 amide bonds. The molecule has 1 aliphatic rings. The first-order valence-corrected chi connectivity index (χ1v) is 7.05. The van der Waals surface area contributed by atoms with Gasteiger partial charge in [-0.2, -0.15) is 0 Å². The number of hydrogen-bond acceptors (Lipinski definition) is 3. The lowest BCUT2D eigenvalue weighted by molar-refractivity contribution is 0.00491. The number of rotatable bonds is 7. The lowest BCUT2D eigenvalue weighted by Crippen LogP contribution is -2.39. The fourth-order valence-corrected chi connectivity index (χ4v) is 2.29. The van der Waals surface area contributed by atoms with Crippen LogP contribution in [0.15, 0.2) is 0 Å². The monoisotopic (exact) mass is 242 g/mol. The molecule has 1 aliphatic heterocycles. The lowest BCUT2D eigenvalue weighted by atomic mass is 9.96. The molecule has 1 N–H and O–H groups in total. The maximum atomic E-state index is 5.47. The summed E-state index contributed by atoms with van der Waals surface area (Å²) in [6.45, 7) is 12.5. The van der Waals surface area contributed by atoms with Gasteiger partial charge in [-0.1, -0.05) is 6.92 Å². The van der Waals surface area contributed by atoms with Crippen molar-refractivity contribution in [2.45, 2.75) is 45.6 Å². The van der Waals surface area contributed by atoms with E-state index in [2.05, 4.69) is 31.0 Å². The second kappa shape index (κ2) is 7.34. The molecule has 1 fully saturated rings. The first-order valence-electron chi connectivity index (χ1n) is 7.05. The van der Waals surface area contributed by atoms with Crippen LogP contribution < -0.4 is 5.32 Å². The first-order chi connectivity index (χ1) is 8.07. The molecular formula is C14H30N2O. The van der Waals surface area contributed by atoms with E-state index >= 15 is 0 Å². The molecule has 17 heavy (non-hydrogen) atoms. The Bertz CT molecular complexity index is 198. The third kappa shape index (κ3) is 5.84. The van der Waals surface area contributed by atoms with E-state index in [0.717, 1.165) is 18.9 Å². The van der Waals surface area contributed by atoms with Gasteiger partial charge in [0.25, 0.3) is 0 Å². The number of nitrogens with zero attached hydrogens (tertiary/aromatic N) is 1. The van der Waals surface area contributed by atoms with Crippen LogP contribution in [0.1, 0.15) is 40.0 Å². The molecule has 3 nitrogen and oxygen atoms in total. The molecular weight excluding hydrogens is 212 g/mol. The van der Waals surface area contributed by atoms with Gasteiger partial charge >= 0.3 is 0 Å². The van der Waals surface area contributed by atoms with Crippen LogP contribution in [0.5, 0.6) is 0 Å². The zero-order valence-electron chi connectivity index (χ0n) is 12.1. The molecule has 3 heteroatoms. The minimum Gasteiger partial charge on any atom is -0.379 e. The number of hydrogen-bond donors (Lipinski definition) is 1. The second-order valence-electron chi connectivity index (χ2n) is 5.81. The molecule has 1 rings (SSSR count). The second-order valence-corrected chi connectivity index (χ2v) is 5.81. The van der Waals surface area contributed by atoms with Crippen molar-refractivity contribution in [3.05, 3.63) is 0 Å². The Labute approximate surface area is 107 Å². The number of methoxy groups -OCH3 is 1. The highest BCUT2D eigenvalue weighted by Gasteiger charge is 2.22. The Kier molecular flexibility index (Phi) is 6.45. The minimum absolute atomic E-state index is 0.0284. The van der Waals surface area contributed by atoms with Crippen molar-refractivity contribution in [2.24, 2.45) is 5.92 Å². The summed E-state index contributed by atoms with van der Waals surface area (Å²) in [6.07, 6.45) is 3.82. The highest BCUT2D eigenvalue weighted by Crippen LogP contribution is 2.19. The van der Waals surface area contributed by atoms with Gasteiger partial charge in [0.2, 0.25) is 0 Å². The molecule has 0 aliphatic carbocycles. The number of ether oxygens (including phenoxy) is 1. The summed E-state index contributed by atoms with van der Waals surface area (Å²) in [5.41, 5.74) is 0.0284. The van der Waals surface area contributed by atoms with Gasteiger partial charge in [0.1, 0.15) is 0 Å². The molecule has 1 saturated heterocycles. The van der Waals surface area contributed by atoms with E-state index in [9.17, 15) is 0 Å². The standard InChI is InChI=1S/C14H30N2O/c1-5-15-12-13-6-9-16(10-7-13)11-8-14(2,3)17-4/h13,15H,5-12H2,1-4H3. The minimum atomic E-state index is 0.0284. The number of nitrogens with one attached hydrogen (secondary N) is 1. The average Bonchev–Trinajstić information content (AvgIpc) is 2.35. The molecule has 102 valence electrons. The van der Waals surface area contributed by atoms with Gasteiger partial charge in [-0.15, -0.1) is 0 Å². The Balaban J connectivity index is 2.15. The van der Waals surface area contributed by atoms with Crippen molar-refractivity contribution < 1.29 is 4.74 Å². The van der Waals surface area contributed by atoms with Crippen molar-refractivity contribution in [3.63, 3.8) is 0 Å². The van der Waals surface area contributed by atoms with Crippen LogP contribution in [-0.2, 0) is 4.74 Å². The van der Waals surface area contributed by atoms with E-state index in [-0.39, 0.29) is 5.60 Å². The maximum Gasteiger partial charge on any atom is 0.0634 e. The van der Waals surface area contributed by atoms with Crippen molar-refractivity contribution in [2.75, 3.05) is 39.8 Å². The van der Waals surface area contributed by atoms with Gasteiger partial charge in [-0.05, 0) is 65.2 Å². The summed E-state index contributed by atoms with van der Waals surface area (Å²) in [7, 11) is 1.81. The van der Waals surface area contributed by atoms with Gasteiger partial charge < -0.3 is 15.0 Å². The number of likely N-dealkylation sites (tertiary alicyclic amines) is 1. The van der Waals surface area contributed by atoms with Gasteiger partial charge in [-0.3, -0.25) is 0 Å². The molecule has 0 aromatic heterocycles. The van der Waals surface area contributed by atoms with E-state index in [4.69, 9.17) is 4.74 Å². The van der Waals surface area contributed by atoms with Crippen LogP contribution in [-0.4, -0.2) is 50.3 Å². The van der Waals surface area contributed by atoms with Gasteiger partial charge in [0.15, 0.2) is 0 Å². The van der Waals surface area contributed by atoms with E-state index in [1.54, 1.807) is 0 Å². The predicted octanol–water partition coefficient (Wildman–Crippen LogP) is 2.12. The molecule has 0 atom stereocenters. The Morgan fingerprint density at radius 2 is 1.94 bits per heavy atom. The predicted molar refractivity (Wildman–Crippen MR) is 73.4 cm³/mol. The van der Waals surface area contributed by atoms with Gasteiger partial charge in [0.05, 0.1) is 5.60 Å². The largest absolute Gasteiger partial charge is 0.379 e. The molecule has 0 aromatic rings. The summed E-state index contributed by atoms with van der Waals surface area (Å²) in [6, 6.07) is 0. The topological polar surface area (TPSA) is 24.5 Å². The van der Waals surface area contributed by atoms with Crippen molar-refractivity contribution in [1.29, 1.82) is 0 Å². The van der Waals surface area contributed by atoms with Crippen LogP contribution in [0.2, 0.25) is 0 Å². The fourth-order valence-electron chi connectivity index (χ4n) is 2.29. The Hall–Kier alpha value is -0.120. The third-order valence-electron chi connectivity index (χ3n) is 3.97. The van der Waals surface area contributed by atoms with Crippen LogP contribution in [0, 0.1) is 5.92 Å². The van der Waals surface area contributed by atoms with Gasteiger partial charge in [-0.25, -0.2) is 0 Å². The lowest BCUT2D eigenvalue weighted by Gasteiger charge is -2.34. The van der Waals surface area contributed by atoms with Crippen LogP contribution in [0.3, 0.4) is 0 Å². The molecule has 0 spiro atoms. The maximum absolute atomic E-state index is 5.47. The van der Waals surface area contributed by atoms with Crippen molar-refractivity contribution in [1.82, 2.24) is 10.2 Å². The van der Waals surface area contributed by atoms with E-state index in [0.29, 0.717) is 0 Å². The summed E-state index contributed by atoms with van der Waals surface area (Å²) in [5.74, 6) is 0.890. The Morgan fingerprint density at radius 3 is 2.47 bits per heavy atom. The summed E-state index contributed by atoms with van der Waals surface area (Å²) < 4.78 is 5.47. The molecule has 0 radical (unpaired) electrons. The summed E-state index contributed by atoms with van der Waals surface area (Å²) in [4.78, 5) is 2.59. The van der Waals surface area contributed by atoms with E-state index < -0.39 is 0 Å². The first kappa shape index (κ1) is 14.9. The van der Waals surface area contributed by atoms with Gasteiger partial charge in [0, 0.05) is 13.7 Å². The number of piperidine rings is 1. The van der Waals surface area contributed by atoms with E-state index in [1.807, 2.05) is 7.11 Å². The van der Waals surface area contributed by atoms with Crippen molar-refractivity contribution >= 4 is 0 Å². The molecule has 1 heterocycles. The normalized spacial score (nSPS) is 19.8. The van der Waals surface area contributed by atoms with Crippen LogP contribution in [0.25, 0.3) is 0 Å².